The Labute approximate surface area is 165 Å². The van der Waals surface area contributed by atoms with Crippen LogP contribution in [-0.2, 0) is 13.5 Å². The first kappa shape index (κ1) is 18.4. The second-order valence-electron chi connectivity index (χ2n) is 7.15. The molecule has 1 radical (unpaired) electrons. The number of aromatic nitrogens is 2. The fourth-order valence-electron chi connectivity index (χ4n) is 3.80. The molecule has 1 aromatic heterocycles. The minimum Gasteiger partial charge on any atom is -0.267 e. The van der Waals surface area contributed by atoms with Crippen molar-refractivity contribution in [3.63, 3.8) is 0 Å². The third kappa shape index (κ3) is 3.45. The molecular weight excluding hydrogens is 347 g/mol. The molecule has 0 bridgehead atoms. The summed E-state index contributed by atoms with van der Waals surface area (Å²) in [5, 5.41) is 5.52. The number of benzene rings is 3. The van der Waals surface area contributed by atoms with E-state index in [0.717, 1.165) is 47.7 Å². The van der Waals surface area contributed by atoms with Gasteiger partial charge in [0, 0.05) is 18.0 Å². The quantitative estimate of drug-likeness (QED) is 0.349. The summed E-state index contributed by atoms with van der Waals surface area (Å²) in [5.41, 5.74) is 5.48. The highest BCUT2D eigenvalue weighted by molar-refractivity contribution is 5.93. The molecule has 0 fully saturated rings. The first-order valence-corrected chi connectivity index (χ1v) is 9.78. The van der Waals surface area contributed by atoms with Gasteiger partial charge in [0.2, 0.25) is 0 Å². The molecule has 4 rings (SSSR count). The molecule has 1 heterocycles. The number of nitrogens with zero attached hydrogens (tertiary/aromatic N) is 2. The predicted molar refractivity (Wildman–Crippen MR) is 114 cm³/mol. The van der Waals surface area contributed by atoms with Gasteiger partial charge in [-0.2, -0.15) is 5.10 Å². The fourth-order valence-corrected chi connectivity index (χ4v) is 3.80. The van der Waals surface area contributed by atoms with Crippen LogP contribution in [0.1, 0.15) is 24.8 Å². The Balaban J connectivity index is 1.73. The first-order chi connectivity index (χ1) is 13.7. The van der Waals surface area contributed by atoms with E-state index in [1.165, 1.54) is 5.56 Å². The molecule has 3 aromatic carbocycles. The van der Waals surface area contributed by atoms with Crippen LogP contribution in [0.4, 0.5) is 4.39 Å². The number of halogens is 1. The maximum absolute atomic E-state index is 15.1. The van der Waals surface area contributed by atoms with Crippen molar-refractivity contribution in [2.75, 3.05) is 0 Å². The molecule has 0 amide bonds. The van der Waals surface area contributed by atoms with Crippen molar-refractivity contribution in [2.24, 2.45) is 7.05 Å². The zero-order valence-corrected chi connectivity index (χ0v) is 16.2. The summed E-state index contributed by atoms with van der Waals surface area (Å²) in [6.45, 7) is 3.91. The summed E-state index contributed by atoms with van der Waals surface area (Å²) in [6, 6.07) is 21.7. The Morgan fingerprint density at radius 1 is 0.929 bits per heavy atom. The van der Waals surface area contributed by atoms with Crippen LogP contribution >= 0.6 is 0 Å². The van der Waals surface area contributed by atoms with E-state index in [9.17, 15) is 0 Å². The number of unbranched alkanes of at least 4 members (excludes halogenated alkanes) is 2. The Bertz CT molecular complexity index is 1110. The number of para-hydroxylation sites is 1. The van der Waals surface area contributed by atoms with Crippen LogP contribution in [0, 0.1) is 12.7 Å². The van der Waals surface area contributed by atoms with Crippen molar-refractivity contribution in [3.05, 3.63) is 85.0 Å². The number of fused-ring (bicyclic) bond motifs is 1. The van der Waals surface area contributed by atoms with Crippen LogP contribution in [0.25, 0.3) is 33.3 Å². The lowest BCUT2D eigenvalue weighted by Gasteiger charge is -2.11. The lowest BCUT2D eigenvalue weighted by molar-refractivity contribution is 0.630. The van der Waals surface area contributed by atoms with Crippen molar-refractivity contribution < 1.29 is 4.39 Å². The van der Waals surface area contributed by atoms with Gasteiger partial charge in [0.05, 0.1) is 5.52 Å². The van der Waals surface area contributed by atoms with Gasteiger partial charge in [-0.15, -0.1) is 0 Å². The summed E-state index contributed by atoms with van der Waals surface area (Å²) in [6.07, 6.45) is 4.14. The largest absolute Gasteiger partial charge is 0.267 e. The molecule has 0 aliphatic carbocycles. The zero-order valence-electron chi connectivity index (χ0n) is 16.2. The average Bonchev–Trinajstić information content (AvgIpc) is 3.05. The lowest BCUT2D eigenvalue weighted by Crippen LogP contribution is -1.93. The van der Waals surface area contributed by atoms with Crippen molar-refractivity contribution in [3.8, 4) is 22.4 Å². The number of aryl methyl sites for hydroxylation is 2. The third-order valence-corrected chi connectivity index (χ3v) is 5.26. The van der Waals surface area contributed by atoms with Crippen LogP contribution in [0.2, 0.25) is 0 Å². The van der Waals surface area contributed by atoms with Crippen LogP contribution in [-0.4, -0.2) is 9.78 Å². The van der Waals surface area contributed by atoms with E-state index in [2.05, 4.69) is 24.2 Å². The summed E-state index contributed by atoms with van der Waals surface area (Å²) in [7, 11) is 1.89. The molecule has 0 saturated heterocycles. The van der Waals surface area contributed by atoms with E-state index in [-0.39, 0.29) is 5.82 Å². The van der Waals surface area contributed by atoms with Gasteiger partial charge in [-0.05, 0) is 47.7 Å². The van der Waals surface area contributed by atoms with E-state index in [1.54, 1.807) is 10.7 Å². The molecule has 0 N–H and O–H groups in total. The lowest BCUT2D eigenvalue weighted by atomic mass is 9.94. The molecule has 0 atom stereocenters. The molecule has 28 heavy (non-hydrogen) atoms. The van der Waals surface area contributed by atoms with Gasteiger partial charge in [-0.1, -0.05) is 68.3 Å². The number of hydrogen-bond donors (Lipinski definition) is 0. The summed E-state index contributed by atoms with van der Waals surface area (Å²) in [4.78, 5) is 0. The molecular formula is C25H24FN2. The normalized spacial score (nSPS) is 11.2. The fraction of sp³-hybridized carbons (Fsp3) is 0.200. The average molecular weight is 371 g/mol. The highest BCUT2D eigenvalue weighted by Crippen LogP contribution is 2.33. The van der Waals surface area contributed by atoms with Crippen LogP contribution in [0.15, 0.2) is 66.7 Å². The van der Waals surface area contributed by atoms with Gasteiger partial charge in [0.15, 0.2) is 0 Å². The molecule has 0 unspecified atom stereocenters. The van der Waals surface area contributed by atoms with Crippen molar-refractivity contribution in [1.29, 1.82) is 0 Å². The van der Waals surface area contributed by atoms with Crippen molar-refractivity contribution in [2.45, 2.75) is 25.7 Å². The summed E-state index contributed by atoms with van der Waals surface area (Å²) >= 11 is 0. The van der Waals surface area contributed by atoms with E-state index >= 15 is 4.39 Å². The Hall–Kier alpha value is -2.94. The van der Waals surface area contributed by atoms with Gasteiger partial charge in [-0.3, -0.25) is 4.68 Å². The molecule has 0 aliphatic heterocycles. The highest BCUT2D eigenvalue weighted by atomic mass is 19.1. The summed E-state index contributed by atoms with van der Waals surface area (Å²) in [5.74, 6) is -0.242. The Morgan fingerprint density at radius 2 is 1.71 bits per heavy atom. The van der Waals surface area contributed by atoms with Crippen LogP contribution < -0.4 is 0 Å². The monoisotopic (exact) mass is 371 g/mol. The maximum atomic E-state index is 15.1. The molecule has 4 aromatic rings. The SMILES string of the molecule is [CH2]CCCCc1ccccc1-c1ccc(-c2nn(C)c3ccccc23)c(F)c1. The summed E-state index contributed by atoms with van der Waals surface area (Å²) < 4.78 is 16.9. The molecule has 0 saturated carbocycles. The number of rotatable bonds is 6. The molecule has 3 heteroatoms. The Kier molecular flexibility index (Phi) is 5.25. The van der Waals surface area contributed by atoms with E-state index in [0.29, 0.717) is 11.3 Å². The molecule has 0 aliphatic rings. The second kappa shape index (κ2) is 7.97. The third-order valence-electron chi connectivity index (χ3n) is 5.26. The van der Waals surface area contributed by atoms with Crippen molar-refractivity contribution >= 4 is 10.9 Å². The topological polar surface area (TPSA) is 17.8 Å². The van der Waals surface area contributed by atoms with Gasteiger partial charge in [0.1, 0.15) is 11.5 Å². The molecule has 2 nitrogen and oxygen atoms in total. The highest BCUT2D eigenvalue weighted by Gasteiger charge is 2.15. The standard InChI is InChI=1S/C25H24FN2/c1-3-4-5-10-18-11-6-7-12-20(18)19-15-16-21(23(26)17-19)25-22-13-8-9-14-24(22)28(2)27-25/h6-9,11-17H,1,3-5,10H2,2H3. The Morgan fingerprint density at radius 3 is 2.54 bits per heavy atom. The van der Waals surface area contributed by atoms with Gasteiger partial charge >= 0.3 is 0 Å². The first-order valence-electron chi connectivity index (χ1n) is 9.78. The van der Waals surface area contributed by atoms with Crippen molar-refractivity contribution in [1.82, 2.24) is 9.78 Å². The van der Waals surface area contributed by atoms with Gasteiger partial charge in [-0.25, -0.2) is 4.39 Å². The van der Waals surface area contributed by atoms with Gasteiger partial charge in [0.25, 0.3) is 0 Å². The predicted octanol–water partition coefficient (Wildman–Crippen LogP) is 6.59. The van der Waals surface area contributed by atoms with E-state index in [4.69, 9.17) is 0 Å². The van der Waals surface area contributed by atoms with Gasteiger partial charge < -0.3 is 0 Å². The van der Waals surface area contributed by atoms with Crippen LogP contribution in [0.5, 0.6) is 0 Å². The minimum atomic E-state index is -0.242. The van der Waals surface area contributed by atoms with E-state index in [1.807, 2.05) is 55.6 Å². The zero-order chi connectivity index (χ0) is 19.5. The smallest absolute Gasteiger partial charge is 0.133 e. The number of hydrogen-bond acceptors (Lipinski definition) is 1. The van der Waals surface area contributed by atoms with Crippen LogP contribution in [0.3, 0.4) is 0 Å². The molecule has 141 valence electrons. The minimum absolute atomic E-state index is 0.242. The second-order valence-corrected chi connectivity index (χ2v) is 7.15. The maximum Gasteiger partial charge on any atom is 0.133 e. The van der Waals surface area contributed by atoms with E-state index < -0.39 is 0 Å². The molecule has 0 spiro atoms.